The van der Waals surface area contributed by atoms with Gasteiger partial charge in [0.2, 0.25) is 0 Å². The van der Waals surface area contributed by atoms with Gasteiger partial charge in [-0.3, -0.25) is 0 Å². The van der Waals surface area contributed by atoms with Gasteiger partial charge in [-0.25, -0.2) is 8.42 Å². The van der Waals surface area contributed by atoms with Crippen LogP contribution in [0.25, 0.3) is 0 Å². The molecule has 0 bridgehead atoms. The van der Waals surface area contributed by atoms with E-state index in [4.69, 9.17) is 0 Å². The van der Waals surface area contributed by atoms with Crippen LogP contribution in [0.15, 0.2) is 0 Å². The summed E-state index contributed by atoms with van der Waals surface area (Å²) in [5, 5.41) is 8.99. The Morgan fingerprint density at radius 2 is 1.04 bits per heavy atom. The maximum Gasteiger partial charge on any atom is 1.00 e. The minimum atomic E-state index is -4.41. The molecule has 2 atom stereocenters. The smallest absolute Gasteiger partial charge is 0.748 e. The molecule has 0 heterocycles. The molecule has 4 nitrogen and oxygen atoms in total. The first-order valence-electron chi connectivity index (χ1n) is 10.6. The first-order chi connectivity index (χ1) is 11.9. The molecule has 1 N–H and O–H groups in total. The van der Waals surface area contributed by atoms with Crippen molar-refractivity contribution in [3.8, 4) is 0 Å². The van der Waals surface area contributed by atoms with Gasteiger partial charge in [-0.1, -0.05) is 104 Å². The fraction of sp³-hybridized carbons (Fsp3) is 1.00. The molecule has 6 heteroatoms. The topological polar surface area (TPSA) is 77.4 Å². The molecule has 0 rings (SSSR count). The minimum Gasteiger partial charge on any atom is -0.748 e. The number of hydrogen-bond donors (Lipinski definition) is 1. The Morgan fingerprint density at radius 1 is 0.692 bits per heavy atom. The van der Waals surface area contributed by atoms with E-state index < -0.39 is 21.5 Å². The van der Waals surface area contributed by atoms with Gasteiger partial charge in [-0.05, 0) is 12.8 Å². The summed E-state index contributed by atoms with van der Waals surface area (Å²) in [5.74, 6) is 0. The van der Waals surface area contributed by atoms with Crippen LogP contribution in [0.3, 0.4) is 0 Å². The van der Waals surface area contributed by atoms with Gasteiger partial charge in [0.25, 0.3) is 0 Å². The number of rotatable bonds is 18. The second-order valence-electron chi connectivity index (χ2n) is 7.42. The average molecular weight is 401 g/mol. The molecule has 0 aliphatic rings. The largest absolute Gasteiger partial charge is 1.00 e. The molecule has 0 saturated carbocycles. The molecule has 0 aromatic heterocycles. The quantitative estimate of drug-likeness (QED) is 0.218. The molecular weight excluding hydrogens is 359 g/mol. The van der Waals surface area contributed by atoms with Gasteiger partial charge in [-0.2, -0.15) is 0 Å². The van der Waals surface area contributed by atoms with E-state index in [9.17, 15) is 18.1 Å². The van der Waals surface area contributed by atoms with E-state index in [1.54, 1.807) is 0 Å². The summed E-state index contributed by atoms with van der Waals surface area (Å²) < 4.78 is 34.1. The van der Waals surface area contributed by atoms with Crippen LogP contribution in [-0.2, 0) is 10.1 Å². The predicted octanol–water partition coefficient (Wildman–Crippen LogP) is 2.55. The first kappa shape index (κ1) is 29.1. The molecule has 0 saturated heterocycles. The van der Waals surface area contributed by atoms with Crippen molar-refractivity contribution in [1.82, 2.24) is 0 Å². The van der Waals surface area contributed by atoms with Crippen LogP contribution >= 0.6 is 0 Å². The summed E-state index contributed by atoms with van der Waals surface area (Å²) in [5.41, 5.74) is 0. The van der Waals surface area contributed by atoms with Gasteiger partial charge < -0.3 is 9.66 Å². The minimum absolute atomic E-state index is 0. The fourth-order valence-corrected chi connectivity index (χ4v) is 4.30. The van der Waals surface area contributed by atoms with Crippen molar-refractivity contribution in [2.75, 3.05) is 0 Å². The van der Waals surface area contributed by atoms with E-state index in [1.807, 2.05) is 6.92 Å². The first-order valence-corrected chi connectivity index (χ1v) is 12.0. The van der Waals surface area contributed by atoms with Crippen molar-refractivity contribution in [2.24, 2.45) is 0 Å². The van der Waals surface area contributed by atoms with E-state index in [0.29, 0.717) is 19.3 Å². The van der Waals surface area contributed by atoms with Crippen LogP contribution in [-0.4, -0.2) is 29.4 Å². The van der Waals surface area contributed by atoms with Gasteiger partial charge in [0.05, 0.1) is 11.4 Å². The van der Waals surface area contributed by atoms with Crippen molar-refractivity contribution in [3.05, 3.63) is 0 Å². The van der Waals surface area contributed by atoms with E-state index in [1.165, 1.54) is 51.4 Å². The zero-order chi connectivity index (χ0) is 19.0. The molecule has 0 aliphatic heterocycles. The SMILES string of the molecule is CCCCCCCCCCCCCC(O)C(CCCCC)S(=O)(=O)[O-].[Na+]. The van der Waals surface area contributed by atoms with Crippen molar-refractivity contribution in [1.29, 1.82) is 0 Å². The standard InChI is InChI=1S/C20H42O4S.Na/c1-3-5-7-8-9-10-11-12-13-14-16-17-19(21)20(25(22,23)24)18-15-6-4-2;/h19-21H,3-18H2,1-2H3,(H,22,23,24);/q;+1/p-1. The van der Waals surface area contributed by atoms with Crippen molar-refractivity contribution >= 4 is 10.1 Å². The summed E-state index contributed by atoms with van der Waals surface area (Å²) in [6.07, 6.45) is 15.7. The van der Waals surface area contributed by atoms with Gasteiger partial charge >= 0.3 is 29.6 Å². The van der Waals surface area contributed by atoms with Crippen LogP contribution in [0.5, 0.6) is 0 Å². The van der Waals surface area contributed by atoms with E-state index in [2.05, 4.69) is 6.92 Å². The predicted molar refractivity (Wildman–Crippen MR) is 105 cm³/mol. The summed E-state index contributed by atoms with van der Waals surface area (Å²) in [6, 6.07) is 0. The Morgan fingerprint density at radius 3 is 1.46 bits per heavy atom. The molecule has 0 aromatic carbocycles. The third kappa shape index (κ3) is 17.0. The molecular formula is C20H41NaO4S. The summed E-state index contributed by atoms with van der Waals surface area (Å²) >= 11 is 0. The van der Waals surface area contributed by atoms with Crippen LogP contribution in [0.1, 0.15) is 117 Å². The van der Waals surface area contributed by atoms with Gasteiger partial charge in [0.1, 0.15) is 10.1 Å². The molecule has 0 aromatic rings. The van der Waals surface area contributed by atoms with E-state index in [-0.39, 0.29) is 29.6 Å². The maximum atomic E-state index is 11.4. The average Bonchev–Trinajstić information content (AvgIpc) is 2.55. The van der Waals surface area contributed by atoms with E-state index in [0.717, 1.165) is 32.1 Å². The molecule has 0 spiro atoms. The summed E-state index contributed by atoms with van der Waals surface area (Å²) in [4.78, 5) is 0. The summed E-state index contributed by atoms with van der Waals surface area (Å²) in [6.45, 7) is 4.26. The van der Waals surface area contributed by atoms with Crippen molar-refractivity contribution in [2.45, 2.75) is 128 Å². The molecule has 26 heavy (non-hydrogen) atoms. The van der Waals surface area contributed by atoms with Gasteiger partial charge in [0, 0.05) is 0 Å². The van der Waals surface area contributed by atoms with Crippen molar-refractivity contribution < 1.29 is 47.6 Å². The van der Waals surface area contributed by atoms with Crippen LogP contribution < -0.4 is 29.6 Å². The molecule has 0 radical (unpaired) electrons. The second kappa shape index (κ2) is 19.2. The third-order valence-electron chi connectivity index (χ3n) is 5.00. The Bertz CT molecular complexity index is 387. The Hall–Kier alpha value is 0.870. The normalized spacial score (nSPS) is 14.0. The fourth-order valence-electron chi connectivity index (χ4n) is 3.33. The summed E-state index contributed by atoms with van der Waals surface area (Å²) in [7, 11) is -4.41. The van der Waals surface area contributed by atoms with Crippen LogP contribution in [0.4, 0.5) is 0 Å². The Kier molecular flexibility index (Phi) is 21.5. The molecule has 2 unspecified atom stereocenters. The van der Waals surface area contributed by atoms with Gasteiger partial charge in [0.15, 0.2) is 0 Å². The zero-order valence-electron chi connectivity index (χ0n) is 17.5. The molecule has 0 fully saturated rings. The third-order valence-corrected chi connectivity index (χ3v) is 6.29. The Labute approximate surface area is 185 Å². The van der Waals surface area contributed by atoms with Crippen molar-refractivity contribution in [3.63, 3.8) is 0 Å². The molecule has 0 amide bonds. The second-order valence-corrected chi connectivity index (χ2v) is 9.01. The maximum absolute atomic E-state index is 11.4. The Balaban J connectivity index is 0. The molecule has 0 aliphatic carbocycles. The van der Waals surface area contributed by atoms with Gasteiger partial charge in [-0.15, -0.1) is 0 Å². The van der Waals surface area contributed by atoms with E-state index >= 15 is 0 Å². The number of hydrogen-bond acceptors (Lipinski definition) is 4. The monoisotopic (exact) mass is 400 g/mol. The number of unbranched alkanes of at least 4 members (excludes halogenated alkanes) is 12. The zero-order valence-corrected chi connectivity index (χ0v) is 20.4. The van der Waals surface area contributed by atoms with Crippen LogP contribution in [0.2, 0.25) is 0 Å². The number of aliphatic hydroxyl groups is 1. The number of aliphatic hydroxyl groups excluding tert-OH is 1. The van der Waals surface area contributed by atoms with Crippen LogP contribution in [0, 0.1) is 0 Å². The molecule has 152 valence electrons.